The minimum atomic E-state index is -0.203. The number of fused-ring (bicyclic) bond motifs is 1. The molecule has 1 saturated heterocycles. The SMILES string of the molecule is CCc1c(C)nc2cc(C3CCN(Cc4ccc(F)cc4)C3)[nH]n2c1=O. The van der Waals surface area contributed by atoms with E-state index in [9.17, 15) is 9.18 Å². The number of benzene rings is 1. The highest BCUT2D eigenvalue weighted by molar-refractivity contribution is 5.42. The van der Waals surface area contributed by atoms with Gasteiger partial charge >= 0.3 is 0 Å². The lowest BCUT2D eigenvalue weighted by atomic mass is 10.1. The zero-order valence-corrected chi connectivity index (χ0v) is 15.1. The van der Waals surface area contributed by atoms with Crippen LogP contribution in [0.3, 0.4) is 0 Å². The van der Waals surface area contributed by atoms with Gasteiger partial charge in [0.25, 0.3) is 5.56 Å². The molecule has 1 atom stereocenters. The van der Waals surface area contributed by atoms with Crippen molar-refractivity contribution in [1.29, 1.82) is 0 Å². The third-order valence-corrected chi connectivity index (χ3v) is 5.32. The summed E-state index contributed by atoms with van der Waals surface area (Å²) in [4.78, 5) is 19.5. The predicted molar refractivity (Wildman–Crippen MR) is 99.0 cm³/mol. The summed E-state index contributed by atoms with van der Waals surface area (Å²) in [7, 11) is 0. The van der Waals surface area contributed by atoms with E-state index < -0.39 is 0 Å². The Bertz CT molecular complexity index is 989. The van der Waals surface area contributed by atoms with Gasteiger partial charge in [0.05, 0.1) is 0 Å². The van der Waals surface area contributed by atoms with Crippen molar-refractivity contribution in [2.45, 2.75) is 39.2 Å². The molecule has 2 aromatic heterocycles. The van der Waals surface area contributed by atoms with Crippen LogP contribution in [0.15, 0.2) is 35.1 Å². The highest BCUT2D eigenvalue weighted by Gasteiger charge is 2.26. The maximum atomic E-state index is 13.0. The van der Waals surface area contributed by atoms with Gasteiger partial charge in [0.1, 0.15) is 5.82 Å². The molecule has 0 radical (unpaired) electrons. The second-order valence-electron chi connectivity index (χ2n) is 7.09. The molecule has 136 valence electrons. The summed E-state index contributed by atoms with van der Waals surface area (Å²) in [6.07, 6.45) is 1.71. The van der Waals surface area contributed by atoms with E-state index in [2.05, 4.69) is 15.0 Å². The Hall–Kier alpha value is -2.47. The normalized spacial score (nSPS) is 18.0. The molecule has 1 aliphatic heterocycles. The molecule has 0 spiro atoms. The van der Waals surface area contributed by atoms with Gasteiger partial charge in [0.2, 0.25) is 0 Å². The number of nitrogens with zero attached hydrogens (tertiary/aromatic N) is 3. The molecule has 6 heteroatoms. The van der Waals surface area contributed by atoms with E-state index in [0.29, 0.717) is 18.0 Å². The molecule has 1 aromatic carbocycles. The summed E-state index contributed by atoms with van der Waals surface area (Å²) in [6.45, 7) is 6.59. The fraction of sp³-hybridized carbons (Fsp3) is 0.400. The molecule has 4 rings (SSSR count). The third-order valence-electron chi connectivity index (χ3n) is 5.32. The maximum Gasteiger partial charge on any atom is 0.276 e. The topological polar surface area (TPSA) is 53.4 Å². The number of aromatic nitrogens is 3. The van der Waals surface area contributed by atoms with Crippen LogP contribution in [0.25, 0.3) is 5.65 Å². The van der Waals surface area contributed by atoms with Gasteiger partial charge in [-0.2, -0.15) is 0 Å². The summed E-state index contributed by atoms with van der Waals surface area (Å²) < 4.78 is 14.6. The van der Waals surface area contributed by atoms with E-state index in [4.69, 9.17) is 0 Å². The smallest absolute Gasteiger partial charge is 0.276 e. The van der Waals surface area contributed by atoms with E-state index >= 15 is 0 Å². The van der Waals surface area contributed by atoms with Crippen LogP contribution in [-0.4, -0.2) is 32.6 Å². The van der Waals surface area contributed by atoms with Gasteiger partial charge in [-0.3, -0.25) is 14.8 Å². The number of likely N-dealkylation sites (tertiary alicyclic amines) is 1. The number of aromatic amines is 1. The average Bonchev–Trinajstić information content (AvgIpc) is 3.24. The standard InChI is InChI=1S/C20H23FN4O/c1-3-17-13(2)22-19-10-18(23-25(19)20(17)26)15-8-9-24(12-15)11-14-4-6-16(21)7-5-14/h4-7,10,15,23H,3,8-9,11-12H2,1-2H3. The zero-order valence-electron chi connectivity index (χ0n) is 15.1. The molecule has 3 aromatic rings. The van der Waals surface area contributed by atoms with Crippen molar-refractivity contribution < 1.29 is 4.39 Å². The molecule has 1 unspecified atom stereocenters. The molecule has 5 nitrogen and oxygen atoms in total. The van der Waals surface area contributed by atoms with Crippen LogP contribution in [0.4, 0.5) is 4.39 Å². The zero-order chi connectivity index (χ0) is 18.3. The molecule has 0 bridgehead atoms. The highest BCUT2D eigenvalue weighted by Crippen LogP contribution is 2.27. The van der Waals surface area contributed by atoms with Crippen molar-refractivity contribution in [3.63, 3.8) is 0 Å². The van der Waals surface area contributed by atoms with Crippen LogP contribution in [-0.2, 0) is 13.0 Å². The first kappa shape index (κ1) is 17.0. The fourth-order valence-electron chi connectivity index (χ4n) is 3.88. The van der Waals surface area contributed by atoms with E-state index in [0.717, 1.165) is 48.6 Å². The molecule has 0 amide bonds. The van der Waals surface area contributed by atoms with Gasteiger partial charge < -0.3 is 0 Å². The van der Waals surface area contributed by atoms with Crippen molar-refractivity contribution >= 4 is 5.65 Å². The Morgan fingerprint density at radius 2 is 2.08 bits per heavy atom. The Morgan fingerprint density at radius 3 is 2.81 bits per heavy atom. The molecule has 0 aliphatic carbocycles. The van der Waals surface area contributed by atoms with E-state index in [1.165, 1.54) is 12.1 Å². The average molecular weight is 354 g/mol. The Balaban J connectivity index is 1.54. The molecular formula is C20H23FN4O. The van der Waals surface area contributed by atoms with Gasteiger partial charge in [-0.1, -0.05) is 19.1 Å². The number of hydrogen-bond acceptors (Lipinski definition) is 3. The predicted octanol–water partition coefficient (Wildman–Crippen LogP) is 3.02. The minimum Gasteiger partial charge on any atom is -0.298 e. The lowest BCUT2D eigenvalue weighted by Crippen LogP contribution is -2.21. The molecule has 26 heavy (non-hydrogen) atoms. The number of hydrogen-bond donors (Lipinski definition) is 1. The van der Waals surface area contributed by atoms with Gasteiger partial charge in [-0.25, -0.2) is 13.9 Å². The first-order valence-electron chi connectivity index (χ1n) is 9.13. The summed E-state index contributed by atoms with van der Waals surface area (Å²) >= 11 is 0. The third kappa shape index (κ3) is 3.05. The van der Waals surface area contributed by atoms with E-state index in [-0.39, 0.29) is 11.4 Å². The largest absolute Gasteiger partial charge is 0.298 e. The van der Waals surface area contributed by atoms with Crippen LogP contribution < -0.4 is 5.56 Å². The monoisotopic (exact) mass is 354 g/mol. The number of halogens is 1. The minimum absolute atomic E-state index is 0.00224. The molecule has 1 fully saturated rings. The van der Waals surface area contributed by atoms with Crippen molar-refractivity contribution in [1.82, 2.24) is 19.5 Å². The molecular weight excluding hydrogens is 331 g/mol. The Kier molecular flexibility index (Phi) is 4.36. The first-order valence-corrected chi connectivity index (χ1v) is 9.13. The summed E-state index contributed by atoms with van der Waals surface area (Å²) in [5.41, 5.74) is 4.44. The van der Waals surface area contributed by atoms with Crippen LogP contribution in [0.5, 0.6) is 0 Å². The van der Waals surface area contributed by atoms with Crippen molar-refractivity contribution in [3.05, 3.63) is 69.0 Å². The lowest BCUT2D eigenvalue weighted by molar-refractivity contribution is 0.326. The number of rotatable bonds is 4. The van der Waals surface area contributed by atoms with Crippen molar-refractivity contribution in [2.75, 3.05) is 13.1 Å². The van der Waals surface area contributed by atoms with Crippen LogP contribution in [0.2, 0.25) is 0 Å². The van der Waals surface area contributed by atoms with Gasteiger partial charge in [0, 0.05) is 42.0 Å². The lowest BCUT2D eigenvalue weighted by Gasteiger charge is -2.15. The van der Waals surface area contributed by atoms with Gasteiger partial charge in [0.15, 0.2) is 5.65 Å². The van der Waals surface area contributed by atoms with Crippen LogP contribution in [0.1, 0.15) is 41.8 Å². The molecule has 1 N–H and O–H groups in total. The van der Waals surface area contributed by atoms with E-state index in [1.807, 2.05) is 32.0 Å². The Labute approximate surface area is 151 Å². The summed E-state index contributed by atoms with van der Waals surface area (Å²) in [6, 6.07) is 8.69. The first-order chi connectivity index (χ1) is 12.5. The van der Waals surface area contributed by atoms with Gasteiger partial charge in [-0.15, -0.1) is 0 Å². The van der Waals surface area contributed by atoms with Gasteiger partial charge in [-0.05, 0) is 44.0 Å². The second kappa shape index (κ2) is 6.68. The van der Waals surface area contributed by atoms with Crippen molar-refractivity contribution in [2.24, 2.45) is 0 Å². The second-order valence-corrected chi connectivity index (χ2v) is 7.09. The number of aryl methyl sites for hydroxylation is 1. The molecule has 3 heterocycles. The summed E-state index contributed by atoms with van der Waals surface area (Å²) in [5, 5.41) is 3.27. The quantitative estimate of drug-likeness (QED) is 0.784. The summed E-state index contributed by atoms with van der Waals surface area (Å²) in [5.74, 6) is 0.146. The van der Waals surface area contributed by atoms with E-state index in [1.54, 1.807) is 4.52 Å². The van der Waals surface area contributed by atoms with Crippen LogP contribution >= 0.6 is 0 Å². The van der Waals surface area contributed by atoms with Crippen LogP contribution in [0, 0.1) is 12.7 Å². The highest BCUT2D eigenvalue weighted by atomic mass is 19.1. The maximum absolute atomic E-state index is 13.0. The number of H-pyrrole nitrogens is 1. The number of nitrogens with one attached hydrogen (secondary N) is 1. The molecule has 1 aliphatic rings. The fourth-order valence-corrected chi connectivity index (χ4v) is 3.88. The van der Waals surface area contributed by atoms with Crippen molar-refractivity contribution in [3.8, 4) is 0 Å². The molecule has 0 saturated carbocycles. The Morgan fingerprint density at radius 1 is 1.31 bits per heavy atom.